The summed E-state index contributed by atoms with van der Waals surface area (Å²) < 4.78 is 5.05. The van der Waals surface area contributed by atoms with Gasteiger partial charge in [0.05, 0.1) is 12.5 Å². The summed E-state index contributed by atoms with van der Waals surface area (Å²) in [7, 11) is 0. The average Bonchev–Trinajstić information content (AvgIpc) is 2.92. The molecule has 1 aliphatic rings. The van der Waals surface area contributed by atoms with Gasteiger partial charge >= 0.3 is 5.97 Å². The van der Waals surface area contributed by atoms with Crippen molar-refractivity contribution in [2.75, 3.05) is 6.61 Å². The minimum Gasteiger partial charge on any atom is -0.466 e. The molecular formula is C13H16O2. The fourth-order valence-corrected chi connectivity index (χ4v) is 2.25. The Balaban J connectivity index is 2.06. The van der Waals surface area contributed by atoms with Crippen LogP contribution >= 0.6 is 0 Å². The van der Waals surface area contributed by atoms with Crippen molar-refractivity contribution in [2.45, 2.75) is 19.8 Å². The fourth-order valence-electron chi connectivity index (χ4n) is 2.25. The van der Waals surface area contributed by atoms with Crippen LogP contribution in [0.15, 0.2) is 30.3 Å². The molecule has 2 heteroatoms. The predicted molar refractivity (Wildman–Crippen MR) is 58.5 cm³/mol. The second-order valence-electron chi connectivity index (χ2n) is 4.07. The number of esters is 1. The molecule has 1 aliphatic carbocycles. The van der Waals surface area contributed by atoms with Crippen molar-refractivity contribution in [1.29, 1.82) is 0 Å². The van der Waals surface area contributed by atoms with Crippen molar-refractivity contribution in [2.24, 2.45) is 11.8 Å². The molecule has 0 saturated heterocycles. The molecule has 1 aromatic carbocycles. The fraction of sp³-hybridized carbons (Fsp3) is 0.462. The first kappa shape index (κ1) is 10.2. The van der Waals surface area contributed by atoms with E-state index >= 15 is 0 Å². The van der Waals surface area contributed by atoms with E-state index in [1.54, 1.807) is 0 Å². The first-order valence-electron chi connectivity index (χ1n) is 5.47. The second-order valence-corrected chi connectivity index (χ2v) is 4.07. The molecule has 2 rings (SSSR count). The average molecular weight is 204 g/mol. The number of carbonyl (C=O) groups is 1. The van der Waals surface area contributed by atoms with E-state index in [2.05, 4.69) is 19.1 Å². The van der Waals surface area contributed by atoms with Gasteiger partial charge < -0.3 is 4.74 Å². The Morgan fingerprint density at radius 3 is 2.60 bits per heavy atom. The maximum Gasteiger partial charge on any atom is 0.309 e. The molecule has 0 radical (unpaired) electrons. The minimum absolute atomic E-state index is 0.0427. The summed E-state index contributed by atoms with van der Waals surface area (Å²) >= 11 is 0. The number of hydrogen-bond acceptors (Lipinski definition) is 2. The first-order chi connectivity index (χ1) is 7.25. The number of carbonyl (C=O) groups excluding carboxylic acids is 1. The molecule has 0 unspecified atom stereocenters. The van der Waals surface area contributed by atoms with Crippen LogP contribution in [-0.2, 0) is 9.53 Å². The molecular weight excluding hydrogens is 188 g/mol. The summed E-state index contributed by atoms with van der Waals surface area (Å²) in [5, 5.41) is 0. The zero-order valence-corrected chi connectivity index (χ0v) is 9.14. The van der Waals surface area contributed by atoms with Gasteiger partial charge in [0.1, 0.15) is 0 Å². The highest BCUT2D eigenvalue weighted by Crippen LogP contribution is 2.54. The van der Waals surface area contributed by atoms with E-state index < -0.39 is 0 Å². The SMILES string of the molecule is CCOC(=O)[C@H]1[C@@H](C)[C@@H]1c1ccccc1. The molecule has 80 valence electrons. The van der Waals surface area contributed by atoms with E-state index in [9.17, 15) is 4.79 Å². The molecule has 0 aliphatic heterocycles. The third-order valence-electron chi connectivity index (χ3n) is 3.12. The van der Waals surface area contributed by atoms with Gasteiger partial charge in [-0.3, -0.25) is 4.79 Å². The summed E-state index contributed by atoms with van der Waals surface area (Å²) in [4.78, 5) is 11.6. The van der Waals surface area contributed by atoms with Gasteiger partial charge in [-0.05, 0) is 18.4 Å². The van der Waals surface area contributed by atoms with Crippen molar-refractivity contribution >= 4 is 5.97 Å². The highest BCUT2D eigenvalue weighted by Gasteiger charge is 2.53. The van der Waals surface area contributed by atoms with Gasteiger partial charge in [0.2, 0.25) is 0 Å². The smallest absolute Gasteiger partial charge is 0.309 e. The zero-order chi connectivity index (χ0) is 10.8. The molecule has 2 nitrogen and oxygen atoms in total. The number of ether oxygens (including phenoxy) is 1. The number of rotatable bonds is 3. The molecule has 0 aromatic heterocycles. The predicted octanol–water partition coefficient (Wildman–Crippen LogP) is 2.60. The third kappa shape index (κ3) is 1.89. The lowest BCUT2D eigenvalue weighted by Crippen LogP contribution is -2.07. The topological polar surface area (TPSA) is 26.3 Å². The van der Waals surface area contributed by atoms with Crippen molar-refractivity contribution in [3.05, 3.63) is 35.9 Å². The third-order valence-corrected chi connectivity index (χ3v) is 3.12. The van der Waals surface area contributed by atoms with Crippen LogP contribution in [0, 0.1) is 11.8 Å². The molecule has 0 bridgehead atoms. The van der Waals surface area contributed by atoms with Crippen LogP contribution in [0.5, 0.6) is 0 Å². The normalized spacial score (nSPS) is 28.5. The van der Waals surface area contributed by atoms with E-state index in [0.29, 0.717) is 18.4 Å². The van der Waals surface area contributed by atoms with E-state index in [0.717, 1.165) is 0 Å². The molecule has 0 spiro atoms. The van der Waals surface area contributed by atoms with E-state index in [1.165, 1.54) is 5.56 Å². The first-order valence-corrected chi connectivity index (χ1v) is 5.47. The van der Waals surface area contributed by atoms with Gasteiger partial charge in [0.15, 0.2) is 0 Å². The molecule has 1 saturated carbocycles. The molecule has 0 amide bonds. The second kappa shape index (κ2) is 4.05. The van der Waals surface area contributed by atoms with Gasteiger partial charge in [0.25, 0.3) is 0 Å². The summed E-state index contributed by atoms with van der Waals surface area (Å²) in [6.45, 7) is 4.44. The van der Waals surface area contributed by atoms with E-state index in [-0.39, 0.29) is 11.9 Å². The zero-order valence-electron chi connectivity index (χ0n) is 9.14. The number of hydrogen-bond donors (Lipinski definition) is 0. The lowest BCUT2D eigenvalue weighted by molar-refractivity contribution is -0.145. The van der Waals surface area contributed by atoms with Gasteiger partial charge in [-0.15, -0.1) is 0 Å². The van der Waals surface area contributed by atoms with Crippen molar-refractivity contribution in [1.82, 2.24) is 0 Å². The van der Waals surface area contributed by atoms with Crippen LogP contribution in [0.3, 0.4) is 0 Å². The molecule has 1 aromatic rings. The maximum absolute atomic E-state index is 11.6. The van der Waals surface area contributed by atoms with Crippen molar-refractivity contribution in [3.8, 4) is 0 Å². The van der Waals surface area contributed by atoms with Gasteiger partial charge in [0, 0.05) is 5.92 Å². The standard InChI is InChI=1S/C13H16O2/c1-3-15-13(14)12-9(2)11(12)10-7-5-4-6-8-10/h4-9,11-12H,3H2,1-2H3/t9-,11+,12-/m0/s1. The van der Waals surface area contributed by atoms with Gasteiger partial charge in [-0.25, -0.2) is 0 Å². The van der Waals surface area contributed by atoms with E-state index in [4.69, 9.17) is 4.74 Å². The van der Waals surface area contributed by atoms with Crippen LogP contribution in [0.25, 0.3) is 0 Å². The monoisotopic (exact) mass is 204 g/mol. The number of benzene rings is 1. The quantitative estimate of drug-likeness (QED) is 0.707. The van der Waals surface area contributed by atoms with Crippen LogP contribution in [0.2, 0.25) is 0 Å². The molecule has 1 fully saturated rings. The Morgan fingerprint density at radius 1 is 1.33 bits per heavy atom. The molecule has 0 heterocycles. The Kier molecular flexibility index (Phi) is 2.76. The molecule has 0 N–H and O–H groups in total. The highest BCUT2D eigenvalue weighted by molar-refractivity contribution is 5.78. The van der Waals surface area contributed by atoms with Crippen LogP contribution < -0.4 is 0 Å². The van der Waals surface area contributed by atoms with Crippen molar-refractivity contribution < 1.29 is 9.53 Å². The lowest BCUT2D eigenvalue weighted by Gasteiger charge is -2.00. The Hall–Kier alpha value is -1.31. The maximum atomic E-state index is 11.6. The summed E-state index contributed by atoms with van der Waals surface area (Å²) in [6, 6.07) is 10.2. The summed E-state index contributed by atoms with van der Waals surface area (Å²) in [6.07, 6.45) is 0. The molecule has 15 heavy (non-hydrogen) atoms. The van der Waals surface area contributed by atoms with Crippen LogP contribution in [0.4, 0.5) is 0 Å². The largest absolute Gasteiger partial charge is 0.466 e. The van der Waals surface area contributed by atoms with Gasteiger partial charge in [-0.2, -0.15) is 0 Å². The van der Waals surface area contributed by atoms with Crippen molar-refractivity contribution in [3.63, 3.8) is 0 Å². The van der Waals surface area contributed by atoms with Crippen LogP contribution in [0.1, 0.15) is 25.3 Å². The van der Waals surface area contributed by atoms with Gasteiger partial charge in [-0.1, -0.05) is 37.3 Å². The van der Waals surface area contributed by atoms with Crippen LogP contribution in [-0.4, -0.2) is 12.6 Å². The van der Waals surface area contributed by atoms with E-state index in [1.807, 2.05) is 25.1 Å². The minimum atomic E-state index is -0.0427. The highest BCUT2D eigenvalue weighted by atomic mass is 16.5. The Labute approximate surface area is 90.3 Å². The molecule has 3 atom stereocenters. The Bertz CT molecular complexity index is 345. The summed E-state index contributed by atoms with van der Waals surface area (Å²) in [5.74, 6) is 0.822. The summed E-state index contributed by atoms with van der Waals surface area (Å²) in [5.41, 5.74) is 1.25. The Morgan fingerprint density at radius 2 is 2.00 bits per heavy atom. The lowest BCUT2D eigenvalue weighted by atomic mass is 10.1.